The maximum Gasteiger partial charge on any atom is 0.161 e. The lowest BCUT2D eigenvalue weighted by molar-refractivity contribution is 0.399. The van der Waals surface area contributed by atoms with E-state index in [0.717, 1.165) is 29.2 Å². The van der Waals surface area contributed by atoms with E-state index in [1.54, 1.807) is 19.5 Å². The third-order valence-corrected chi connectivity index (χ3v) is 3.06. The van der Waals surface area contributed by atoms with Gasteiger partial charge in [0, 0.05) is 18.4 Å². The minimum atomic E-state index is -0.181. The number of aromatic nitrogens is 3. The van der Waals surface area contributed by atoms with E-state index in [2.05, 4.69) is 15.5 Å². The maximum atomic E-state index is 5.73. The van der Waals surface area contributed by atoms with E-state index in [-0.39, 0.29) is 6.04 Å². The summed E-state index contributed by atoms with van der Waals surface area (Å²) in [6, 6.07) is 3.75. The average Bonchev–Trinajstić information content (AvgIpc) is 2.83. The van der Waals surface area contributed by atoms with E-state index < -0.39 is 0 Å². The fourth-order valence-corrected chi connectivity index (χ4v) is 2.16. The van der Waals surface area contributed by atoms with E-state index in [0.29, 0.717) is 0 Å². The first kappa shape index (κ1) is 13.5. The van der Waals surface area contributed by atoms with Crippen molar-refractivity contribution in [1.29, 1.82) is 0 Å². The summed E-state index contributed by atoms with van der Waals surface area (Å²) in [4.78, 5) is 4.20. The molecule has 0 aromatic carbocycles. The van der Waals surface area contributed by atoms with Crippen molar-refractivity contribution in [2.45, 2.75) is 26.4 Å². The van der Waals surface area contributed by atoms with Crippen molar-refractivity contribution in [1.82, 2.24) is 20.2 Å². The van der Waals surface area contributed by atoms with Gasteiger partial charge in [-0.3, -0.25) is 15.5 Å². The highest BCUT2D eigenvalue weighted by atomic mass is 16.5. The molecule has 0 saturated carbocycles. The van der Waals surface area contributed by atoms with Crippen LogP contribution in [0.3, 0.4) is 0 Å². The van der Waals surface area contributed by atoms with Crippen LogP contribution in [0, 0.1) is 6.92 Å². The maximum absolute atomic E-state index is 5.73. The molecule has 2 heterocycles. The molecule has 102 valence electrons. The standard InChI is InChI=1S/C13H19N5O/c1-4-18-13(11(19-3)8-16-18)12(17-14)10-5-6-15-9(2)7-10/h5-8,12,17H,4,14H2,1-3H3. The number of hydrazine groups is 1. The van der Waals surface area contributed by atoms with Gasteiger partial charge in [0.05, 0.1) is 19.3 Å². The Labute approximate surface area is 112 Å². The zero-order valence-corrected chi connectivity index (χ0v) is 11.4. The predicted molar refractivity (Wildman–Crippen MR) is 72.6 cm³/mol. The number of methoxy groups -OCH3 is 1. The van der Waals surface area contributed by atoms with Gasteiger partial charge in [0.25, 0.3) is 0 Å². The lowest BCUT2D eigenvalue weighted by Crippen LogP contribution is -2.31. The van der Waals surface area contributed by atoms with E-state index in [1.165, 1.54) is 0 Å². The largest absolute Gasteiger partial charge is 0.493 e. The number of rotatable bonds is 5. The van der Waals surface area contributed by atoms with Gasteiger partial charge < -0.3 is 4.74 Å². The Morgan fingerprint density at radius 1 is 1.53 bits per heavy atom. The molecule has 1 atom stereocenters. The number of nitrogens with two attached hydrogens (primary N) is 1. The summed E-state index contributed by atoms with van der Waals surface area (Å²) in [7, 11) is 1.63. The summed E-state index contributed by atoms with van der Waals surface area (Å²) < 4.78 is 7.24. The average molecular weight is 261 g/mol. The lowest BCUT2D eigenvalue weighted by Gasteiger charge is -2.19. The molecule has 0 saturated heterocycles. The SMILES string of the molecule is CCn1ncc(OC)c1C(NN)c1ccnc(C)c1. The van der Waals surface area contributed by atoms with Gasteiger partial charge in [-0.05, 0) is 31.5 Å². The van der Waals surface area contributed by atoms with Gasteiger partial charge in [-0.25, -0.2) is 5.43 Å². The Morgan fingerprint density at radius 3 is 2.89 bits per heavy atom. The molecule has 0 bridgehead atoms. The topological polar surface area (TPSA) is 78.0 Å². The molecule has 2 aromatic rings. The second-order valence-corrected chi connectivity index (χ2v) is 4.24. The van der Waals surface area contributed by atoms with Gasteiger partial charge in [-0.1, -0.05) is 0 Å². The Balaban J connectivity index is 2.50. The minimum absolute atomic E-state index is 0.181. The van der Waals surface area contributed by atoms with Gasteiger partial charge in [0.1, 0.15) is 5.69 Å². The molecule has 2 aromatic heterocycles. The summed E-state index contributed by atoms with van der Waals surface area (Å²) in [5.41, 5.74) is 5.72. The van der Waals surface area contributed by atoms with Crippen molar-refractivity contribution in [3.05, 3.63) is 41.5 Å². The van der Waals surface area contributed by atoms with Crippen molar-refractivity contribution in [2.75, 3.05) is 7.11 Å². The molecule has 0 spiro atoms. The smallest absolute Gasteiger partial charge is 0.161 e. The zero-order valence-electron chi connectivity index (χ0n) is 11.4. The highest BCUT2D eigenvalue weighted by Gasteiger charge is 2.22. The van der Waals surface area contributed by atoms with E-state index in [9.17, 15) is 0 Å². The van der Waals surface area contributed by atoms with Gasteiger partial charge in [0.15, 0.2) is 5.75 Å². The number of pyridine rings is 1. The van der Waals surface area contributed by atoms with Gasteiger partial charge in [-0.15, -0.1) is 0 Å². The van der Waals surface area contributed by atoms with E-state index in [1.807, 2.05) is 30.7 Å². The van der Waals surface area contributed by atoms with Crippen LogP contribution in [-0.4, -0.2) is 21.9 Å². The summed E-state index contributed by atoms with van der Waals surface area (Å²) in [5.74, 6) is 6.45. The van der Waals surface area contributed by atoms with Crippen molar-refractivity contribution < 1.29 is 4.74 Å². The molecule has 2 rings (SSSR count). The molecule has 0 radical (unpaired) electrons. The highest BCUT2D eigenvalue weighted by molar-refractivity contribution is 5.36. The molecule has 0 aliphatic rings. The molecule has 0 fully saturated rings. The molecular formula is C13H19N5O. The van der Waals surface area contributed by atoms with Crippen LogP contribution in [0.15, 0.2) is 24.5 Å². The van der Waals surface area contributed by atoms with Crippen molar-refractivity contribution in [3.8, 4) is 5.75 Å². The summed E-state index contributed by atoms with van der Waals surface area (Å²) in [6.45, 7) is 4.73. The van der Waals surface area contributed by atoms with Gasteiger partial charge in [0.2, 0.25) is 0 Å². The van der Waals surface area contributed by atoms with Crippen LogP contribution < -0.4 is 16.0 Å². The fraction of sp³-hybridized carbons (Fsp3) is 0.385. The Hall–Kier alpha value is -1.92. The monoisotopic (exact) mass is 261 g/mol. The Kier molecular flexibility index (Phi) is 4.13. The number of hydrogen-bond donors (Lipinski definition) is 2. The molecule has 3 N–H and O–H groups in total. The molecule has 0 aliphatic carbocycles. The van der Waals surface area contributed by atoms with Crippen molar-refractivity contribution in [2.24, 2.45) is 5.84 Å². The van der Waals surface area contributed by atoms with Crippen LogP contribution in [0.2, 0.25) is 0 Å². The predicted octanol–water partition coefficient (Wildman–Crippen LogP) is 1.17. The van der Waals surface area contributed by atoms with E-state index >= 15 is 0 Å². The molecule has 19 heavy (non-hydrogen) atoms. The number of nitrogens with one attached hydrogen (secondary N) is 1. The van der Waals surface area contributed by atoms with E-state index in [4.69, 9.17) is 10.6 Å². The van der Waals surface area contributed by atoms with Crippen LogP contribution in [0.5, 0.6) is 5.75 Å². The summed E-state index contributed by atoms with van der Waals surface area (Å²) in [6.07, 6.45) is 3.48. The van der Waals surface area contributed by atoms with Crippen molar-refractivity contribution >= 4 is 0 Å². The molecule has 6 heteroatoms. The van der Waals surface area contributed by atoms with Crippen molar-refractivity contribution in [3.63, 3.8) is 0 Å². The first-order valence-electron chi connectivity index (χ1n) is 6.19. The molecule has 0 amide bonds. The molecule has 1 unspecified atom stereocenters. The molecular weight excluding hydrogens is 242 g/mol. The summed E-state index contributed by atoms with van der Waals surface area (Å²) >= 11 is 0. The third kappa shape index (κ3) is 2.59. The molecule has 0 aliphatic heterocycles. The quantitative estimate of drug-likeness (QED) is 0.624. The second kappa shape index (κ2) is 5.81. The molecule has 6 nitrogen and oxygen atoms in total. The van der Waals surface area contributed by atoms with Crippen LogP contribution in [-0.2, 0) is 6.54 Å². The van der Waals surface area contributed by atoms with Crippen LogP contribution in [0.4, 0.5) is 0 Å². The second-order valence-electron chi connectivity index (χ2n) is 4.24. The highest BCUT2D eigenvalue weighted by Crippen LogP contribution is 2.29. The first-order valence-corrected chi connectivity index (χ1v) is 6.19. The third-order valence-electron chi connectivity index (χ3n) is 3.06. The summed E-state index contributed by atoms with van der Waals surface area (Å²) in [5, 5.41) is 4.30. The Bertz CT molecular complexity index is 530. The lowest BCUT2D eigenvalue weighted by atomic mass is 10.0. The zero-order chi connectivity index (χ0) is 13.8. The number of nitrogens with zero attached hydrogens (tertiary/aromatic N) is 3. The fourth-order valence-electron chi connectivity index (χ4n) is 2.16. The van der Waals surface area contributed by atoms with Crippen LogP contribution in [0.25, 0.3) is 0 Å². The minimum Gasteiger partial charge on any atom is -0.493 e. The van der Waals surface area contributed by atoms with Crippen LogP contribution in [0.1, 0.15) is 29.9 Å². The number of aryl methyl sites for hydroxylation is 2. The van der Waals surface area contributed by atoms with Gasteiger partial charge in [-0.2, -0.15) is 5.10 Å². The normalized spacial score (nSPS) is 12.4. The first-order chi connectivity index (χ1) is 9.21. The van der Waals surface area contributed by atoms with Crippen LogP contribution >= 0.6 is 0 Å². The Morgan fingerprint density at radius 2 is 2.32 bits per heavy atom. The number of ether oxygens (including phenoxy) is 1. The number of hydrogen-bond acceptors (Lipinski definition) is 5. The van der Waals surface area contributed by atoms with Gasteiger partial charge >= 0.3 is 0 Å².